The lowest BCUT2D eigenvalue weighted by Crippen LogP contribution is -2.39. The second-order valence-corrected chi connectivity index (χ2v) is 8.97. The van der Waals surface area contributed by atoms with E-state index in [4.69, 9.17) is 0 Å². The first-order valence-electron chi connectivity index (χ1n) is 11.9. The third-order valence-electron chi connectivity index (χ3n) is 6.72. The number of nitrogens with one attached hydrogen (secondary N) is 1. The minimum absolute atomic E-state index is 0.0453. The van der Waals surface area contributed by atoms with Gasteiger partial charge in [-0.2, -0.15) is 0 Å². The summed E-state index contributed by atoms with van der Waals surface area (Å²) in [6.07, 6.45) is 8.91. The van der Waals surface area contributed by atoms with Crippen molar-refractivity contribution in [1.82, 2.24) is 15.1 Å². The SMILES string of the molecule is CC(=O)N1CCCN(C(=O)CCC2CCCCC2)CCNC(=O)CC1c1ccccc1. The van der Waals surface area contributed by atoms with Crippen LogP contribution in [-0.2, 0) is 14.4 Å². The van der Waals surface area contributed by atoms with Gasteiger partial charge < -0.3 is 15.1 Å². The summed E-state index contributed by atoms with van der Waals surface area (Å²) in [6.45, 7) is 3.70. The quantitative estimate of drug-likeness (QED) is 0.797. The fraction of sp³-hybridized carbons (Fsp3) is 0.640. The molecule has 1 N–H and O–H groups in total. The molecule has 1 aliphatic heterocycles. The summed E-state index contributed by atoms with van der Waals surface area (Å²) in [4.78, 5) is 41.6. The maximum Gasteiger partial charge on any atom is 0.222 e. The second-order valence-electron chi connectivity index (χ2n) is 8.97. The highest BCUT2D eigenvalue weighted by atomic mass is 16.2. The summed E-state index contributed by atoms with van der Waals surface area (Å²) >= 11 is 0. The maximum absolute atomic E-state index is 12.9. The Morgan fingerprint density at radius 2 is 1.74 bits per heavy atom. The van der Waals surface area contributed by atoms with Gasteiger partial charge in [-0.1, -0.05) is 62.4 Å². The standard InChI is InChI=1S/C25H37N3O3/c1-20(29)28-17-8-16-27(25(31)14-13-21-9-4-2-5-10-21)18-15-26-24(30)19-23(28)22-11-6-3-7-12-22/h3,6-7,11-12,21,23H,2,4-5,8-10,13-19H2,1H3,(H,26,30). The van der Waals surface area contributed by atoms with Gasteiger partial charge in [0.1, 0.15) is 0 Å². The predicted octanol–water partition coefficient (Wildman–Crippen LogP) is 3.68. The van der Waals surface area contributed by atoms with Crippen LogP contribution in [0.3, 0.4) is 0 Å². The molecule has 0 bridgehead atoms. The molecule has 6 nitrogen and oxygen atoms in total. The summed E-state index contributed by atoms with van der Waals surface area (Å²) in [5.41, 5.74) is 0.965. The molecule has 6 heteroatoms. The van der Waals surface area contributed by atoms with Crippen LogP contribution in [0.25, 0.3) is 0 Å². The third kappa shape index (κ3) is 7.08. The van der Waals surface area contributed by atoms with Gasteiger partial charge in [-0.05, 0) is 24.3 Å². The number of hydrogen-bond donors (Lipinski definition) is 1. The smallest absolute Gasteiger partial charge is 0.222 e. The van der Waals surface area contributed by atoms with Crippen molar-refractivity contribution in [3.63, 3.8) is 0 Å². The molecule has 1 aromatic carbocycles. The molecule has 3 amide bonds. The topological polar surface area (TPSA) is 69.7 Å². The molecule has 0 radical (unpaired) electrons. The van der Waals surface area contributed by atoms with Gasteiger partial charge in [0.05, 0.1) is 12.5 Å². The van der Waals surface area contributed by atoms with Crippen LogP contribution < -0.4 is 5.32 Å². The number of amides is 3. The van der Waals surface area contributed by atoms with Crippen LogP contribution in [-0.4, -0.2) is 53.7 Å². The Hall–Kier alpha value is -2.37. The van der Waals surface area contributed by atoms with Crippen molar-refractivity contribution in [2.45, 2.75) is 70.8 Å². The molecular weight excluding hydrogens is 390 g/mol. The van der Waals surface area contributed by atoms with Gasteiger partial charge in [0, 0.05) is 39.5 Å². The molecule has 2 fully saturated rings. The molecule has 2 aliphatic rings. The van der Waals surface area contributed by atoms with E-state index in [1.165, 1.54) is 32.1 Å². The lowest BCUT2D eigenvalue weighted by Gasteiger charge is -2.31. The molecule has 31 heavy (non-hydrogen) atoms. The zero-order valence-electron chi connectivity index (χ0n) is 18.9. The van der Waals surface area contributed by atoms with E-state index in [1.807, 2.05) is 35.2 Å². The molecule has 1 unspecified atom stereocenters. The van der Waals surface area contributed by atoms with Gasteiger partial charge in [-0.25, -0.2) is 0 Å². The predicted molar refractivity (Wildman–Crippen MR) is 121 cm³/mol. The minimum atomic E-state index is -0.285. The minimum Gasteiger partial charge on any atom is -0.354 e. The number of benzene rings is 1. The van der Waals surface area contributed by atoms with Crippen molar-refractivity contribution in [3.8, 4) is 0 Å². The number of carbonyl (C=O) groups is 3. The maximum atomic E-state index is 12.9. The second kappa shape index (κ2) is 11.9. The molecule has 170 valence electrons. The summed E-state index contributed by atoms with van der Waals surface area (Å²) < 4.78 is 0. The molecule has 1 aliphatic carbocycles. The van der Waals surface area contributed by atoms with E-state index in [9.17, 15) is 14.4 Å². The first kappa shape index (κ1) is 23.3. The van der Waals surface area contributed by atoms with Crippen LogP contribution in [0.15, 0.2) is 30.3 Å². The van der Waals surface area contributed by atoms with Crippen molar-refractivity contribution in [1.29, 1.82) is 0 Å². The number of carbonyl (C=O) groups excluding carboxylic acids is 3. The van der Waals surface area contributed by atoms with Crippen molar-refractivity contribution >= 4 is 17.7 Å². The molecule has 1 aromatic rings. The van der Waals surface area contributed by atoms with Crippen LogP contribution >= 0.6 is 0 Å². The molecule has 0 aromatic heterocycles. The van der Waals surface area contributed by atoms with Crippen LogP contribution in [0, 0.1) is 5.92 Å². The van der Waals surface area contributed by atoms with Crippen molar-refractivity contribution in [2.24, 2.45) is 5.92 Å². The Bertz CT molecular complexity index is 731. The Morgan fingerprint density at radius 1 is 1.00 bits per heavy atom. The number of nitrogens with zero attached hydrogens (tertiary/aromatic N) is 2. The van der Waals surface area contributed by atoms with Crippen LogP contribution in [0.4, 0.5) is 0 Å². The average molecular weight is 428 g/mol. The van der Waals surface area contributed by atoms with Crippen LogP contribution in [0.5, 0.6) is 0 Å². The Balaban J connectivity index is 1.64. The Labute approximate surface area is 186 Å². The Morgan fingerprint density at radius 3 is 2.45 bits per heavy atom. The van der Waals surface area contributed by atoms with Crippen LogP contribution in [0.2, 0.25) is 0 Å². The lowest BCUT2D eigenvalue weighted by atomic mass is 9.86. The van der Waals surface area contributed by atoms with E-state index in [0.717, 1.165) is 12.0 Å². The van der Waals surface area contributed by atoms with Crippen molar-refractivity contribution in [3.05, 3.63) is 35.9 Å². The molecule has 1 saturated heterocycles. The zero-order valence-corrected chi connectivity index (χ0v) is 18.9. The van der Waals surface area contributed by atoms with Gasteiger partial charge >= 0.3 is 0 Å². The third-order valence-corrected chi connectivity index (χ3v) is 6.72. The molecule has 0 spiro atoms. The molecular formula is C25H37N3O3. The first-order valence-corrected chi connectivity index (χ1v) is 11.9. The van der Waals surface area contributed by atoms with Gasteiger partial charge in [-0.15, -0.1) is 0 Å². The summed E-state index contributed by atoms with van der Waals surface area (Å²) in [6, 6.07) is 9.45. The van der Waals surface area contributed by atoms with Gasteiger partial charge in [0.15, 0.2) is 0 Å². The van der Waals surface area contributed by atoms with E-state index in [1.54, 1.807) is 11.8 Å². The highest BCUT2D eigenvalue weighted by Gasteiger charge is 2.27. The summed E-state index contributed by atoms with van der Waals surface area (Å²) in [7, 11) is 0. The highest BCUT2D eigenvalue weighted by Crippen LogP contribution is 2.28. The van der Waals surface area contributed by atoms with E-state index in [2.05, 4.69) is 5.32 Å². The lowest BCUT2D eigenvalue weighted by molar-refractivity contribution is -0.133. The van der Waals surface area contributed by atoms with E-state index >= 15 is 0 Å². The number of hydrogen-bond acceptors (Lipinski definition) is 3. The van der Waals surface area contributed by atoms with E-state index in [-0.39, 0.29) is 30.2 Å². The molecule has 3 rings (SSSR count). The van der Waals surface area contributed by atoms with Crippen molar-refractivity contribution < 1.29 is 14.4 Å². The Kier molecular flexibility index (Phi) is 8.92. The number of rotatable bonds is 4. The van der Waals surface area contributed by atoms with E-state index in [0.29, 0.717) is 44.9 Å². The van der Waals surface area contributed by atoms with Gasteiger partial charge in [0.2, 0.25) is 17.7 Å². The normalized spacial score (nSPS) is 21.8. The first-order chi connectivity index (χ1) is 15.0. The van der Waals surface area contributed by atoms with E-state index < -0.39 is 0 Å². The fourth-order valence-electron chi connectivity index (χ4n) is 4.95. The average Bonchev–Trinajstić information content (AvgIpc) is 2.82. The summed E-state index contributed by atoms with van der Waals surface area (Å²) in [5.74, 6) is 0.724. The van der Waals surface area contributed by atoms with Crippen molar-refractivity contribution in [2.75, 3.05) is 26.2 Å². The van der Waals surface area contributed by atoms with Gasteiger partial charge in [-0.3, -0.25) is 14.4 Å². The monoisotopic (exact) mass is 427 g/mol. The fourth-order valence-corrected chi connectivity index (χ4v) is 4.95. The summed E-state index contributed by atoms with van der Waals surface area (Å²) in [5, 5.41) is 2.96. The van der Waals surface area contributed by atoms with Gasteiger partial charge in [0.25, 0.3) is 0 Å². The largest absolute Gasteiger partial charge is 0.354 e. The molecule has 1 heterocycles. The highest BCUT2D eigenvalue weighted by molar-refractivity contribution is 5.79. The molecule has 1 atom stereocenters. The van der Waals surface area contributed by atoms with Crippen LogP contribution in [0.1, 0.15) is 76.3 Å². The molecule has 1 saturated carbocycles. The zero-order chi connectivity index (χ0) is 22.1.